The molecule has 0 amide bonds. The number of hydrogen-bond donors (Lipinski definition) is 0. The quantitative estimate of drug-likeness (QED) is 0.540. The van der Waals surface area contributed by atoms with Crippen LogP contribution < -0.4 is 0 Å². The smallest absolute Gasteiger partial charge is 0.0892 e. The molecule has 0 rings (SSSR count). The van der Waals surface area contributed by atoms with Gasteiger partial charge < -0.3 is 0 Å². The fourth-order valence-electron chi connectivity index (χ4n) is 1.76. The first-order chi connectivity index (χ1) is 7.24. The maximum absolute atomic E-state index is 4.14. The van der Waals surface area contributed by atoms with Gasteiger partial charge in [-0.25, -0.2) is 9.98 Å². The first kappa shape index (κ1) is 14.4. The first-order valence-electron chi connectivity index (χ1n) is 6.32. The summed E-state index contributed by atoms with van der Waals surface area (Å²) >= 11 is 0. The van der Waals surface area contributed by atoms with Gasteiger partial charge in [-0.05, 0) is 31.6 Å². The molecule has 0 saturated carbocycles. The molecule has 0 aliphatic carbocycles. The van der Waals surface area contributed by atoms with E-state index in [0.717, 1.165) is 24.9 Å². The van der Waals surface area contributed by atoms with Crippen LogP contribution in [0.25, 0.3) is 0 Å². The SMILES string of the molecule is CCN=C=NCC[C@H](C)CC(CC)CC. The van der Waals surface area contributed by atoms with E-state index < -0.39 is 0 Å². The molecule has 0 aliphatic heterocycles. The summed E-state index contributed by atoms with van der Waals surface area (Å²) in [6.07, 6.45) is 5.12. The Kier molecular flexibility index (Phi) is 9.51. The summed E-state index contributed by atoms with van der Waals surface area (Å²) in [5.41, 5.74) is 0. The maximum Gasteiger partial charge on any atom is 0.0892 e. The Labute approximate surface area is 94.9 Å². The highest BCUT2D eigenvalue weighted by molar-refractivity contribution is 5.40. The van der Waals surface area contributed by atoms with Crippen molar-refractivity contribution in [2.24, 2.45) is 21.8 Å². The number of rotatable bonds is 8. The largest absolute Gasteiger partial charge is 0.226 e. The molecule has 0 aromatic rings. The van der Waals surface area contributed by atoms with Gasteiger partial charge in [0.25, 0.3) is 0 Å². The normalized spacial score (nSPS) is 12.3. The van der Waals surface area contributed by atoms with Crippen molar-refractivity contribution in [1.82, 2.24) is 0 Å². The van der Waals surface area contributed by atoms with Crippen LogP contribution in [0, 0.1) is 11.8 Å². The van der Waals surface area contributed by atoms with Crippen LogP contribution in [0.2, 0.25) is 0 Å². The predicted molar refractivity (Wildman–Crippen MR) is 67.7 cm³/mol. The second-order valence-corrected chi connectivity index (χ2v) is 4.27. The highest BCUT2D eigenvalue weighted by Crippen LogP contribution is 2.20. The number of nitrogens with zero attached hydrogens (tertiary/aromatic N) is 2. The van der Waals surface area contributed by atoms with Crippen molar-refractivity contribution in [1.29, 1.82) is 0 Å². The molecule has 88 valence electrons. The zero-order chi connectivity index (χ0) is 11.5. The van der Waals surface area contributed by atoms with Crippen molar-refractivity contribution in [2.45, 2.75) is 53.4 Å². The molecule has 0 spiro atoms. The molecule has 2 nitrogen and oxygen atoms in total. The van der Waals surface area contributed by atoms with E-state index in [0.29, 0.717) is 0 Å². The zero-order valence-corrected chi connectivity index (χ0v) is 10.8. The van der Waals surface area contributed by atoms with Crippen molar-refractivity contribution >= 4 is 6.01 Å². The molecule has 0 aromatic carbocycles. The lowest BCUT2D eigenvalue weighted by Gasteiger charge is -2.16. The van der Waals surface area contributed by atoms with E-state index in [4.69, 9.17) is 0 Å². The van der Waals surface area contributed by atoms with E-state index >= 15 is 0 Å². The Morgan fingerprint density at radius 1 is 1.07 bits per heavy atom. The monoisotopic (exact) mass is 210 g/mol. The van der Waals surface area contributed by atoms with Gasteiger partial charge >= 0.3 is 0 Å². The van der Waals surface area contributed by atoms with Crippen LogP contribution in [0.1, 0.15) is 53.4 Å². The average Bonchev–Trinajstić information content (AvgIpc) is 2.25. The van der Waals surface area contributed by atoms with Gasteiger partial charge in [-0.1, -0.05) is 33.6 Å². The van der Waals surface area contributed by atoms with Gasteiger partial charge in [-0.15, -0.1) is 0 Å². The molecule has 0 N–H and O–H groups in total. The van der Waals surface area contributed by atoms with Gasteiger partial charge in [0.05, 0.1) is 12.6 Å². The summed E-state index contributed by atoms with van der Waals surface area (Å²) in [4.78, 5) is 8.09. The fourth-order valence-corrected chi connectivity index (χ4v) is 1.76. The lowest BCUT2D eigenvalue weighted by Crippen LogP contribution is -2.05. The van der Waals surface area contributed by atoms with Gasteiger partial charge in [-0.3, -0.25) is 0 Å². The van der Waals surface area contributed by atoms with E-state index in [2.05, 4.69) is 36.8 Å². The molecule has 0 fully saturated rings. The van der Waals surface area contributed by atoms with Gasteiger partial charge in [-0.2, -0.15) is 0 Å². The zero-order valence-electron chi connectivity index (χ0n) is 10.8. The highest BCUT2D eigenvalue weighted by Gasteiger charge is 2.08. The average molecular weight is 210 g/mol. The molecular weight excluding hydrogens is 184 g/mol. The summed E-state index contributed by atoms with van der Waals surface area (Å²) in [5.74, 6) is 1.68. The maximum atomic E-state index is 4.14. The Morgan fingerprint density at radius 2 is 1.73 bits per heavy atom. The molecule has 15 heavy (non-hydrogen) atoms. The van der Waals surface area contributed by atoms with Crippen molar-refractivity contribution in [3.05, 3.63) is 0 Å². The molecule has 1 atom stereocenters. The summed E-state index contributed by atoms with van der Waals surface area (Å²) in [7, 11) is 0. The van der Waals surface area contributed by atoms with Crippen LogP contribution in [-0.4, -0.2) is 19.1 Å². The van der Waals surface area contributed by atoms with Crippen LogP contribution in [0.5, 0.6) is 0 Å². The fraction of sp³-hybridized carbons (Fsp3) is 0.923. The second kappa shape index (κ2) is 9.92. The summed E-state index contributed by atoms with van der Waals surface area (Å²) < 4.78 is 0. The Hall–Kier alpha value is -0.620. The molecule has 0 aliphatic rings. The topological polar surface area (TPSA) is 24.7 Å². The Morgan fingerprint density at radius 3 is 2.27 bits per heavy atom. The van der Waals surface area contributed by atoms with Crippen molar-refractivity contribution < 1.29 is 0 Å². The minimum absolute atomic E-state index is 0.780. The molecule has 0 aromatic heterocycles. The van der Waals surface area contributed by atoms with Crippen LogP contribution in [0.4, 0.5) is 0 Å². The predicted octanol–water partition coefficient (Wildman–Crippen LogP) is 4.03. The molecule has 0 radical (unpaired) electrons. The van der Waals surface area contributed by atoms with E-state index in [1.165, 1.54) is 25.7 Å². The van der Waals surface area contributed by atoms with E-state index in [1.807, 2.05) is 6.92 Å². The van der Waals surface area contributed by atoms with Crippen LogP contribution in [-0.2, 0) is 0 Å². The van der Waals surface area contributed by atoms with Crippen molar-refractivity contribution in [2.75, 3.05) is 13.1 Å². The Bertz CT molecular complexity index is 189. The van der Waals surface area contributed by atoms with Gasteiger partial charge in [0.2, 0.25) is 0 Å². The summed E-state index contributed by atoms with van der Waals surface area (Å²) in [6.45, 7) is 10.6. The standard InChI is InChI=1S/C13H26N2/c1-5-13(6-2)10-12(4)8-9-15-11-14-7-3/h12-13H,5-10H2,1-4H3/t12-/m0/s1. The second-order valence-electron chi connectivity index (χ2n) is 4.27. The molecule has 0 unspecified atom stereocenters. The third kappa shape index (κ3) is 8.38. The van der Waals surface area contributed by atoms with E-state index in [1.54, 1.807) is 0 Å². The number of hydrogen-bond acceptors (Lipinski definition) is 2. The van der Waals surface area contributed by atoms with E-state index in [9.17, 15) is 0 Å². The summed E-state index contributed by atoms with van der Waals surface area (Å²) in [6, 6.07) is 2.72. The Balaban J connectivity index is 3.64. The third-order valence-corrected chi connectivity index (χ3v) is 2.92. The molecule has 0 bridgehead atoms. The van der Waals surface area contributed by atoms with E-state index in [-0.39, 0.29) is 0 Å². The lowest BCUT2D eigenvalue weighted by molar-refractivity contribution is 0.360. The lowest BCUT2D eigenvalue weighted by atomic mass is 9.90. The van der Waals surface area contributed by atoms with Crippen molar-refractivity contribution in [3.63, 3.8) is 0 Å². The molecule has 2 heteroatoms. The molecule has 0 heterocycles. The van der Waals surface area contributed by atoms with Crippen molar-refractivity contribution in [3.8, 4) is 0 Å². The van der Waals surface area contributed by atoms with Crippen LogP contribution >= 0.6 is 0 Å². The van der Waals surface area contributed by atoms with Gasteiger partial charge in [0, 0.05) is 6.54 Å². The number of aliphatic imine (C=N–C) groups is 2. The molecule has 0 saturated heterocycles. The van der Waals surface area contributed by atoms with Gasteiger partial charge in [0.15, 0.2) is 0 Å². The minimum atomic E-state index is 0.780. The highest BCUT2D eigenvalue weighted by atomic mass is 14.8. The third-order valence-electron chi connectivity index (χ3n) is 2.92. The molecular formula is C13H26N2. The van der Waals surface area contributed by atoms with Crippen LogP contribution in [0.15, 0.2) is 9.98 Å². The summed E-state index contributed by atoms with van der Waals surface area (Å²) in [5, 5.41) is 0. The van der Waals surface area contributed by atoms with Gasteiger partial charge in [0.1, 0.15) is 0 Å². The first-order valence-corrected chi connectivity index (χ1v) is 6.32. The minimum Gasteiger partial charge on any atom is -0.226 e. The van der Waals surface area contributed by atoms with Crippen LogP contribution in [0.3, 0.4) is 0 Å².